The minimum absolute atomic E-state index is 0.160. The second-order valence-corrected chi connectivity index (χ2v) is 4.14. The van der Waals surface area contributed by atoms with Crippen LogP contribution in [-0.2, 0) is 0 Å². The Morgan fingerprint density at radius 2 is 2.44 bits per heavy atom. The van der Waals surface area contributed by atoms with Gasteiger partial charge in [0.05, 0.1) is 0 Å². The molecule has 1 amide bonds. The molecule has 0 radical (unpaired) electrons. The molecule has 0 saturated carbocycles. The fourth-order valence-electron chi connectivity index (χ4n) is 1.98. The van der Waals surface area contributed by atoms with E-state index < -0.39 is 0 Å². The molecule has 1 fully saturated rings. The quantitative estimate of drug-likeness (QED) is 0.649. The van der Waals surface area contributed by atoms with Crippen LogP contribution in [0, 0.1) is 0 Å². The molecule has 0 aliphatic carbocycles. The molecule has 1 aliphatic rings. The number of aromatic nitrogens is 2. The molecule has 2 heterocycles. The number of amides is 1. The molecule has 6 nitrogen and oxygen atoms in total. The van der Waals surface area contributed by atoms with Gasteiger partial charge in [-0.2, -0.15) is 0 Å². The van der Waals surface area contributed by atoms with E-state index in [9.17, 15) is 9.59 Å². The number of hydrogen-bond donors (Lipinski definition) is 3. The van der Waals surface area contributed by atoms with E-state index >= 15 is 0 Å². The smallest absolute Gasteiger partial charge is 0.323 e. The van der Waals surface area contributed by atoms with Crippen molar-refractivity contribution in [2.45, 2.75) is 18.9 Å². The maximum absolute atomic E-state index is 11.9. The third kappa shape index (κ3) is 2.33. The number of carbonyl (C=O) groups is 1. The minimum atomic E-state index is -0.351. The third-order valence-electron chi connectivity index (χ3n) is 2.83. The molecule has 3 N–H and O–H groups in total. The number of imidazole rings is 1. The molecule has 0 bridgehead atoms. The molecular formula is C10H16N4O2. The average Bonchev–Trinajstić information content (AvgIpc) is 2.88. The van der Waals surface area contributed by atoms with Crippen molar-refractivity contribution in [2.24, 2.45) is 0 Å². The van der Waals surface area contributed by atoms with Gasteiger partial charge >= 0.3 is 5.69 Å². The highest BCUT2D eigenvalue weighted by Gasteiger charge is 2.20. The minimum Gasteiger partial charge on any atom is -0.339 e. The van der Waals surface area contributed by atoms with Crippen LogP contribution in [-0.4, -0.2) is 47.0 Å². The van der Waals surface area contributed by atoms with Crippen molar-refractivity contribution in [2.75, 3.05) is 20.1 Å². The van der Waals surface area contributed by atoms with Gasteiger partial charge in [-0.1, -0.05) is 0 Å². The molecular weight excluding hydrogens is 208 g/mol. The monoisotopic (exact) mass is 224 g/mol. The number of H-pyrrole nitrogens is 2. The van der Waals surface area contributed by atoms with Crippen LogP contribution in [0.5, 0.6) is 0 Å². The van der Waals surface area contributed by atoms with Crippen molar-refractivity contribution in [1.82, 2.24) is 20.2 Å². The van der Waals surface area contributed by atoms with E-state index in [1.54, 1.807) is 11.9 Å². The Balaban J connectivity index is 1.96. The van der Waals surface area contributed by atoms with Crippen molar-refractivity contribution in [1.29, 1.82) is 0 Å². The summed E-state index contributed by atoms with van der Waals surface area (Å²) in [5, 5.41) is 3.33. The lowest BCUT2D eigenvalue weighted by molar-refractivity contribution is 0.0778. The van der Waals surface area contributed by atoms with Crippen LogP contribution in [0.25, 0.3) is 0 Å². The summed E-state index contributed by atoms with van der Waals surface area (Å²) < 4.78 is 0. The molecule has 1 unspecified atom stereocenters. The summed E-state index contributed by atoms with van der Waals surface area (Å²) in [6, 6.07) is 0.375. The second kappa shape index (κ2) is 4.52. The van der Waals surface area contributed by atoms with Gasteiger partial charge < -0.3 is 20.2 Å². The number of aromatic amines is 2. The first-order valence-corrected chi connectivity index (χ1v) is 5.43. The van der Waals surface area contributed by atoms with Crippen molar-refractivity contribution < 1.29 is 4.79 Å². The zero-order valence-electron chi connectivity index (χ0n) is 9.25. The highest BCUT2D eigenvalue weighted by molar-refractivity contribution is 5.91. The lowest BCUT2D eigenvalue weighted by Gasteiger charge is -2.20. The topological polar surface area (TPSA) is 81.0 Å². The van der Waals surface area contributed by atoms with E-state index in [-0.39, 0.29) is 11.6 Å². The molecule has 6 heteroatoms. The molecule has 1 aromatic heterocycles. The maximum atomic E-state index is 11.9. The van der Waals surface area contributed by atoms with E-state index in [1.165, 1.54) is 6.20 Å². The fraction of sp³-hybridized carbons (Fsp3) is 0.600. The van der Waals surface area contributed by atoms with Crippen LogP contribution in [0.1, 0.15) is 23.3 Å². The molecule has 88 valence electrons. The highest BCUT2D eigenvalue weighted by atomic mass is 16.2. The molecule has 1 saturated heterocycles. The van der Waals surface area contributed by atoms with Crippen molar-refractivity contribution >= 4 is 5.91 Å². The number of carbonyl (C=O) groups excluding carboxylic acids is 1. The van der Waals surface area contributed by atoms with Crippen LogP contribution < -0.4 is 11.0 Å². The molecule has 1 aliphatic heterocycles. The van der Waals surface area contributed by atoms with Crippen molar-refractivity contribution in [3.63, 3.8) is 0 Å². The Morgan fingerprint density at radius 3 is 3.00 bits per heavy atom. The Labute approximate surface area is 93.0 Å². The summed E-state index contributed by atoms with van der Waals surface area (Å²) in [6.45, 7) is 1.69. The number of nitrogens with one attached hydrogen (secondary N) is 3. The first-order valence-electron chi connectivity index (χ1n) is 5.43. The standard InChI is InChI=1S/C10H16N4O2/c1-14(6-7-3-2-4-11-7)9(15)8-5-12-10(16)13-8/h5,7,11H,2-4,6H2,1H3,(H2,12,13,16). The van der Waals surface area contributed by atoms with Gasteiger partial charge in [0.15, 0.2) is 0 Å². The van der Waals surface area contributed by atoms with E-state index in [0.717, 1.165) is 19.4 Å². The zero-order chi connectivity index (χ0) is 11.5. The molecule has 2 rings (SSSR count). The van der Waals surface area contributed by atoms with Gasteiger partial charge in [-0.05, 0) is 19.4 Å². The lowest BCUT2D eigenvalue weighted by Crippen LogP contribution is -2.38. The lowest BCUT2D eigenvalue weighted by atomic mass is 10.2. The summed E-state index contributed by atoms with van der Waals surface area (Å²) >= 11 is 0. The van der Waals surface area contributed by atoms with E-state index in [0.29, 0.717) is 18.3 Å². The molecule has 16 heavy (non-hydrogen) atoms. The average molecular weight is 224 g/mol. The Hall–Kier alpha value is -1.56. The van der Waals surface area contributed by atoms with E-state index in [1.807, 2.05) is 0 Å². The summed E-state index contributed by atoms with van der Waals surface area (Å²) in [5.74, 6) is -0.160. The third-order valence-corrected chi connectivity index (χ3v) is 2.83. The van der Waals surface area contributed by atoms with Crippen LogP contribution in [0.3, 0.4) is 0 Å². The summed E-state index contributed by atoms with van der Waals surface area (Å²) in [7, 11) is 1.74. The Kier molecular flexibility index (Phi) is 3.09. The number of hydrogen-bond acceptors (Lipinski definition) is 3. The summed E-state index contributed by atoms with van der Waals surface area (Å²) in [6.07, 6.45) is 3.66. The van der Waals surface area contributed by atoms with Gasteiger partial charge in [-0.15, -0.1) is 0 Å². The van der Waals surface area contributed by atoms with E-state index in [4.69, 9.17) is 0 Å². The van der Waals surface area contributed by atoms with Gasteiger partial charge in [0.1, 0.15) is 5.69 Å². The first-order chi connectivity index (χ1) is 7.66. The van der Waals surface area contributed by atoms with Crippen LogP contribution >= 0.6 is 0 Å². The molecule has 0 spiro atoms. The predicted molar refractivity (Wildman–Crippen MR) is 59.4 cm³/mol. The van der Waals surface area contributed by atoms with Gasteiger partial charge in [-0.3, -0.25) is 4.79 Å². The van der Waals surface area contributed by atoms with Crippen LogP contribution in [0.2, 0.25) is 0 Å². The fourth-order valence-corrected chi connectivity index (χ4v) is 1.98. The molecule has 1 atom stereocenters. The predicted octanol–water partition coefficient (Wildman–Crippen LogP) is -0.473. The van der Waals surface area contributed by atoms with Gasteiger partial charge in [-0.25, -0.2) is 4.79 Å². The van der Waals surface area contributed by atoms with Crippen LogP contribution in [0.15, 0.2) is 11.0 Å². The van der Waals surface area contributed by atoms with Crippen molar-refractivity contribution in [3.05, 3.63) is 22.4 Å². The normalized spacial score (nSPS) is 19.9. The number of rotatable bonds is 3. The zero-order valence-corrected chi connectivity index (χ0v) is 9.25. The number of likely N-dealkylation sites (N-methyl/N-ethyl adjacent to an activating group) is 1. The van der Waals surface area contributed by atoms with Gasteiger partial charge in [0, 0.05) is 25.8 Å². The van der Waals surface area contributed by atoms with E-state index in [2.05, 4.69) is 15.3 Å². The Morgan fingerprint density at radius 1 is 1.62 bits per heavy atom. The van der Waals surface area contributed by atoms with Gasteiger partial charge in [0.25, 0.3) is 5.91 Å². The summed E-state index contributed by atoms with van der Waals surface area (Å²) in [5.41, 5.74) is -0.0405. The second-order valence-electron chi connectivity index (χ2n) is 4.14. The maximum Gasteiger partial charge on any atom is 0.323 e. The SMILES string of the molecule is CN(CC1CCCN1)C(=O)c1c[nH]c(=O)[nH]1. The number of nitrogens with zero attached hydrogens (tertiary/aromatic N) is 1. The summed E-state index contributed by atoms with van der Waals surface area (Å²) in [4.78, 5) is 29.2. The molecule has 0 aromatic carbocycles. The highest BCUT2D eigenvalue weighted by Crippen LogP contribution is 2.07. The Bertz CT molecular complexity index is 416. The van der Waals surface area contributed by atoms with Crippen LogP contribution in [0.4, 0.5) is 0 Å². The molecule has 1 aromatic rings. The van der Waals surface area contributed by atoms with Gasteiger partial charge in [0.2, 0.25) is 0 Å². The van der Waals surface area contributed by atoms with Crippen molar-refractivity contribution in [3.8, 4) is 0 Å². The largest absolute Gasteiger partial charge is 0.339 e. The first kappa shape index (κ1) is 10.9.